The van der Waals surface area contributed by atoms with Crippen molar-refractivity contribution in [2.24, 2.45) is 0 Å². The maximum Gasteiger partial charge on any atom is 0.226 e. The molecule has 0 unspecified atom stereocenters. The van der Waals surface area contributed by atoms with Crippen LogP contribution in [0.3, 0.4) is 0 Å². The highest BCUT2D eigenvalue weighted by Crippen LogP contribution is 2.31. The summed E-state index contributed by atoms with van der Waals surface area (Å²) in [5.41, 5.74) is 2.03. The Balaban J connectivity index is 1.57. The van der Waals surface area contributed by atoms with Crippen LogP contribution >= 0.6 is 11.3 Å². The van der Waals surface area contributed by atoms with Gasteiger partial charge in [0.15, 0.2) is 5.13 Å². The van der Waals surface area contributed by atoms with Crippen molar-refractivity contribution in [3.05, 3.63) is 47.8 Å². The molecule has 3 nitrogen and oxygen atoms in total. The summed E-state index contributed by atoms with van der Waals surface area (Å²) < 4.78 is 0. The van der Waals surface area contributed by atoms with Gasteiger partial charge in [-0.05, 0) is 17.2 Å². The summed E-state index contributed by atoms with van der Waals surface area (Å²) in [5.74, 6) is 0.0688. The zero-order valence-electron chi connectivity index (χ0n) is 15.3. The molecule has 0 aliphatic carbocycles. The van der Waals surface area contributed by atoms with Gasteiger partial charge in [0.05, 0.1) is 5.69 Å². The molecule has 1 heterocycles. The van der Waals surface area contributed by atoms with E-state index in [2.05, 4.69) is 41.5 Å². The molecule has 0 saturated heterocycles. The zero-order chi connectivity index (χ0) is 18.2. The van der Waals surface area contributed by atoms with Crippen molar-refractivity contribution in [1.82, 2.24) is 4.98 Å². The monoisotopic (exact) mass is 366 g/mol. The lowest BCUT2D eigenvalue weighted by molar-refractivity contribution is -0.116. The predicted octanol–water partition coefficient (Wildman–Crippen LogP) is 6.65. The van der Waals surface area contributed by atoms with E-state index in [9.17, 15) is 4.79 Å². The molecule has 0 bridgehead atoms. The molecule has 3 aromatic rings. The number of aromatic nitrogens is 1. The molecule has 2 aromatic carbocycles. The van der Waals surface area contributed by atoms with Crippen LogP contribution in [0, 0.1) is 0 Å². The number of unbranched alkanes of at least 4 members (excludes halogenated alkanes) is 5. The van der Waals surface area contributed by atoms with Crippen molar-refractivity contribution >= 4 is 33.1 Å². The number of benzene rings is 2. The molecule has 1 amide bonds. The number of amides is 1. The van der Waals surface area contributed by atoms with Crippen molar-refractivity contribution < 1.29 is 4.79 Å². The van der Waals surface area contributed by atoms with Crippen LogP contribution in [-0.2, 0) is 4.79 Å². The standard InChI is InChI=1S/C22H26N2OS/c1-2-3-4-5-6-7-15-21(25)24-22-23-20(16-26-22)19-14-10-12-17-11-8-9-13-18(17)19/h8-14,16H,2-7,15H2,1H3,(H,23,24,25). The van der Waals surface area contributed by atoms with Gasteiger partial charge in [0, 0.05) is 17.4 Å². The molecule has 0 radical (unpaired) electrons. The van der Waals surface area contributed by atoms with Crippen LogP contribution in [0.4, 0.5) is 5.13 Å². The van der Waals surface area contributed by atoms with Crippen molar-refractivity contribution in [1.29, 1.82) is 0 Å². The Morgan fingerprint density at radius 3 is 2.65 bits per heavy atom. The van der Waals surface area contributed by atoms with E-state index in [0.717, 1.165) is 24.1 Å². The molecule has 4 heteroatoms. The Labute approximate surface area is 159 Å². The average Bonchev–Trinajstić information content (AvgIpc) is 3.12. The van der Waals surface area contributed by atoms with E-state index >= 15 is 0 Å². The quantitative estimate of drug-likeness (QED) is 0.431. The number of rotatable bonds is 9. The van der Waals surface area contributed by atoms with E-state index < -0.39 is 0 Å². The maximum absolute atomic E-state index is 12.1. The Hall–Kier alpha value is -2.20. The van der Waals surface area contributed by atoms with E-state index in [-0.39, 0.29) is 5.91 Å². The minimum absolute atomic E-state index is 0.0688. The van der Waals surface area contributed by atoms with Crippen molar-refractivity contribution in [3.8, 4) is 11.3 Å². The van der Waals surface area contributed by atoms with Gasteiger partial charge in [-0.15, -0.1) is 11.3 Å². The summed E-state index contributed by atoms with van der Waals surface area (Å²) in [6.45, 7) is 2.22. The summed E-state index contributed by atoms with van der Waals surface area (Å²) in [4.78, 5) is 16.7. The minimum atomic E-state index is 0.0688. The number of nitrogens with one attached hydrogen (secondary N) is 1. The van der Waals surface area contributed by atoms with Gasteiger partial charge in [-0.25, -0.2) is 4.98 Å². The fraction of sp³-hybridized carbons (Fsp3) is 0.364. The fourth-order valence-electron chi connectivity index (χ4n) is 3.15. The van der Waals surface area contributed by atoms with Gasteiger partial charge < -0.3 is 5.32 Å². The zero-order valence-corrected chi connectivity index (χ0v) is 16.1. The lowest BCUT2D eigenvalue weighted by atomic mass is 10.0. The number of hydrogen-bond donors (Lipinski definition) is 1. The molecule has 0 fully saturated rings. The highest BCUT2D eigenvalue weighted by atomic mass is 32.1. The van der Waals surface area contributed by atoms with Gasteiger partial charge >= 0.3 is 0 Å². The second-order valence-corrected chi connectivity index (χ2v) is 7.49. The van der Waals surface area contributed by atoms with Gasteiger partial charge in [0.2, 0.25) is 5.91 Å². The number of nitrogens with zero attached hydrogens (tertiary/aromatic N) is 1. The normalized spacial score (nSPS) is 11.0. The Kier molecular flexibility index (Phi) is 6.78. The Bertz CT molecular complexity index is 851. The van der Waals surface area contributed by atoms with E-state index in [0.29, 0.717) is 11.6 Å². The van der Waals surface area contributed by atoms with E-state index in [1.54, 1.807) is 0 Å². The maximum atomic E-state index is 12.1. The number of hydrogen-bond acceptors (Lipinski definition) is 3. The molecule has 0 aliphatic rings. The fourth-order valence-corrected chi connectivity index (χ4v) is 3.88. The topological polar surface area (TPSA) is 42.0 Å². The Morgan fingerprint density at radius 1 is 1.00 bits per heavy atom. The van der Waals surface area contributed by atoms with Gasteiger partial charge in [-0.3, -0.25) is 4.79 Å². The van der Waals surface area contributed by atoms with Crippen LogP contribution < -0.4 is 5.32 Å². The van der Waals surface area contributed by atoms with Gasteiger partial charge in [0.1, 0.15) is 0 Å². The predicted molar refractivity (Wildman–Crippen MR) is 112 cm³/mol. The number of carbonyl (C=O) groups excluding carboxylic acids is 1. The highest BCUT2D eigenvalue weighted by molar-refractivity contribution is 7.14. The molecule has 1 N–H and O–H groups in total. The molecule has 1 aromatic heterocycles. The van der Waals surface area contributed by atoms with Crippen molar-refractivity contribution in [2.75, 3.05) is 5.32 Å². The third kappa shape index (κ3) is 4.92. The summed E-state index contributed by atoms with van der Waals surface area (Å²) in [7, 11) is 0. The molecule has 0 atom stereocenters. The third-order valence-electron chi connectivity index (χ3n) is 4.57. The summed E-state index contributed by atoms with van der Waals surface area (Å²) in [6.07, 6.45) is 7.72. The van der Waals surface area contributed by atoms with Gasteiger partial charge in [0.25, 0.3) is 0 Å². The summed E-state index contributed by atoms with van der Waals surface area (Å²) >= 11 is 1.49. The molecule has 0 aliphatic heterocycles. The molecule has 0 spiro atoms. The largest absolute Gasteiger partial charge is 0.302 e. The molecular formula is C22H26N2OS. The number of fused-ring (bicyclic) bond motifs is 1. The average molecular weight is 367 g/mol. The van der Waals surface area contributed by atoms with Crippen LogP contribution in [-0.4, -0.2) is 10.9 Å². The SMILES string of the molecule is CCCCCCCCC(=O)Nc1nc(-c2cccc3ccccc23)cs1. The van der Waals surface area contributed by atoms with E-state index in [4.69, 9.17) is 0 Å². The number of carbonyl (C=O) groups is 1. The van der Waals surface area contributed by atoms with Gasteiger partial charge in [-0.2, -0.15) is 0 Å². The van der Waals surface area contributed by atoms with Crippen LogP contribution in [0.5, 0.6) is 0 Å². The summed E-state index contributed by atoms with van der Waals surface area (Å²) in [6, 6.07) is 14.5. The first-order valence-electron chi connectivity index (χ1n) is 9.51. The minimum Gasteiger partial charge on any atom is -0.302 e. The lowest BCUT2D eigenvalue weighted by Gasteiger charge is -2.04. The van der Waals surface area contributed by atoms with Crippen LogP contribution in [0.15, 0.2) is 47.8 Å². The number of thiazole rings is 1. The van der Waals surface area contributed by atoms with Crippen LogP contribution in [0.2, 0.25) is 0 Å². The molecule has 3 rings (SSSR count). The molecule has 0 saturated carbocycles. The molecule has 136 valence electrons. The van der Waals surface area contributed by atoms with Gasteiger partial charge in [-0.1, -0.05) is 81.5 Å². The second-order valence-electron chi connectivity index (χ2n) is 6.63. The summed E-state index contributed by atoms with van der Waals surface area (Å²) in [5, 5.41) is 8.04. The Morgan fingerprint density at radius 2 is 1.77 bits per heavy atom. The van der Waals surface area contributed by atoms with E-state index in [1.165, 1.54) is 47.8 Å². The highest BCUT2D eigenvalue weighted by Gasteiger charge is 2.10. The van der Waals surface area contributed by atoms with Crippen molar-refractivity contribution in [3.63, 3.8) is 0 Å². The number of anilines is 1. The smallest absolute Gasteiger partial charge is 0.226 e. The first-order valence-corrected chi connectivity index (χ1v) is 10.4. The lowest BCUT2D eigenvalue weighted by Crippen LogP contribution is -2.10. The third-order valence-corrected chi connectivity index (χ3v) is 5.33. The van der Waals surface area contributed by atoms with Crippen LogP contribution in [0.1, 0.15) is 51.9 Å². The second kappa shape index (κ2) is 9.48. The molecular weight excluding hydrogens is 340 g/mol. The van der Waals surface area contributed by atoms with E-state index in [1.807, 2.05) is 23.6 Å². The first-order chi connectivity index (χ1) is 12.8. The first kappa shape index (κ1) is 18.6. The van der Waals surface area contributed by atoms with Crippen LogP contribution in [0.25, 0.3) is 22.0 Å². The van der Waals surface area contributed by atoms with Crippen molar-refractivity contribution in [2.45, 2.75) is 51.9 Å². The molecule has 26 heavy (non-hydrogen) atoms.